The summed E-state index contributed by atoms with van der Waals surface area (Å²) in [6.07, 6.45) is 1.90. The topological polar surface area (TPSA) is 54.5 Å². The standard InChI is InChI=1S/C7H5ClN4S4/c1-14-5-9-3(8)2-4(10-5)15-7-12-11-6(13)16-7/h2H,1H3,(H,11,13). The highest BCUT2D eigenvalue weighted by Crippen LogP contribution is 2.29. The van der Waals surface area contributed by atoms with Gasteiger partial charge in [0.1, 0.15) is 10.2 Å². The van der Waals surface area contributed by atoms with E-state index in [1.54, 1.807) is 6.07 Å². The number of aromatic amines is 1. The third-order valence-corrected chi connectivity index (χ3v) is 4.25. The van der Waals surface area contributed by atoms with Gasteiger partial charge in [0.15, 0.2) is 13.5 Å². The average molecular weight is 309 g/mol. The van der Waals surface area contributed by atoms with Crippen molar-refractivity contribution >= 4 is 58.7 Å². The minimum atomic E-state index is 0.431. The molecule has 2 heterocycles. The molecule has 0 aliphatic rings. The van der Waals surface area contributed by atoms with E-state index in [2.05, 4.69) is 20.2 Å². The first-order chi connectivity index (χ1) is 7.67. The van der Waals surface area contributed by atoms with E-state index in [1.165, 1.54) is 34.9 Å². The molecule has 0 unspecified atom stereocenters. The normalized spacial score (nSPS) is 10.6. The van der Waals surface area contributed by atoms with Crippen LogP contribution in [0.2, 0.25) is 5.15 Å². The third kappa shape index (κ3) is 3.17. The van der Waals surface area contributed by atoms with Gasteiger partial charge in [-0.2, -0.15) is 5.10 Å². The molecule has 0 atom stereocenters. The Balaban J connectivity index is 2.27. The summed E-state index contributed by atoms with van der Waals surface area (Å²) < 4.78 is 1.46. The smallest absolute Gasteiger partial charge is 0.189 e. The van der Waals surface area contributed by atoms with E-state index < -0.39 is 0 Å². The number of halogens is 1. The fraction of sp³-hybridized carbons (Fsp3) is 0.143. The fourth-order valence-corrected chi connectivity index (χ4v) is 3.63. The van der Waals surface area contributed by atoms with Crippen LogP contribution in [-0.2, 0) is 0 Å². The predicted molar refractivity (Wildman–Crippen MR) is 70.2 cm³/mol. The molecule has 0 radical (unpaired) electrons. The number of H-pyrrole nitrogens is 1. The lowest BCUT2D eigenvalue weighted by atomic mass is 10.7. The van der Waals surface area contributed by atoms with Crippen LogP contribution in [0.5, 0.6) is 0 Å². The summed E-state index contributed by atoms with van der Waals surface area (Å²) in [4.78, 5) is 8.36. The van der Waals surface area contributed by atoms with E-state index in [4.69, 9.17) is 23.8 Å². The van der Waals surface area contributed by atoms with Crippen LogP contribution in [0.3, 0.4) is 0 Å². The summed E-state index contributed by atoms with van der Waals surface area (Å²) in [5.41, 5.74) is 0. The Kier molecular flexibility index (Phi) is 4.20. The van der Waals surface area contributed by atoms with E-state index in [0.717, 1.165) is 9.37 Å². The minimum Gasteiger partial charge on any atom is -0.257 e. The molecule has 0 aliphatic carbocycles. The molecule has 2 aromatic rings. The van der Waals surface area contributed by atoms with Gasteiger partial charge in [-0.3, -0.25) is 5.10 Å². The van der Waals surface area contributed by atoms with Gasteiger partial charge in [0.05, 0.1) is 0 Å². The Morgan fingerprint density at radius 2 is 2.31 bits per heavy atom. The van der Waals surface area contributed by atoms with E-state index in [0.29, 0.717) is 14.3 Å². The van der Waals surface area contributed by atoms with Crippen molar-refractivity contribution in [3.05, 3.63) is 15.2 Å². The van der Waals surface area contributed by atoms with E-state index >= 15 is 0 Å². The molecule has 2 rings (SSSR count). The van der Waals surface area contributed by atoms with Crippen molar-refractivity contribution in [2.24, 2.45) is 0 Å². The van der Waals surface area contributed by atoms with Crippen molar-refractivity contribution in [2.45, 2.75) is 14.5 Å². The molecule has 0 saturated carbocycles. The second-order valence-electron chi connectivity index (χ2n) is 2.50. The van der Waals surface area contributed by atoms with Crippen molar-refractivity contribution in [1.29, 1.82) is 0 Å². The van der Waals surface area contributed by atoms with Gasteiger partial charge in [-0.1, -0.05) is 34.7 Å². The molecule has 0 bridgehead atoms. The maximum absolute atomic E-state index is 5.88. The Morgan fingerprint density at radius 1 is 1.50 bits per heavy atom. The molecule has 0 aromatic carbocycles. The summed E-state index contributed by atoms with van der Waals surface area (Å²) >= 11 is 15.1. The van der Waals surface area contributed by atoms with Crippen LogP contribution in [0.25, 0.3) is 0 Å². The largest absolute Gasteiger partial charge is 0.257 e. The number of aromatic nitrogens is 4. The first kappa shape index (κ1) is 12.3. The highest BCUT2D eigenvalue weighted by Gasteiger charge is 2.06. The van der Waals surface area contributed by atoms with Crippen LogP contribution in [0.15, 0.2) is 20.6 Å². The van der Waals surface area contributed by atoms with Gasteiger partial charge in [0.2, 0.25) is 0 Å². The Hall–Kier alpha value is -0.150. The lowest BCUT2D eigenvalue weighted by Gasteiger charge is -1.99. The average Bonchev–Trinajstić information content (AvgIpc) is 2.63. The maximum Gasteiger partial charge on any atom is 0.189 e. The van der Waals surface area contributed by atoms with E-state index in [1.807, 2.05) is 6.26 Å². The molecule has 0 fully saturated rings. The van der Waals surface area contributed by atoms with Crippen LogP contribution in [-0.4, -0.2) is 26.4 Å². The molecule has 16 heavy (non-hydrogen) atoms. The van der Waals surface area contributed by atoms with Gasteiger partial charge < -0.3 is 0 Å². The monoisotopic (exact) mass is 308 g/mol. The fourth-order valence-electron chi connectivity index (χ4n) is 0.870. The third-order valence-electron chi connectivity index (χ3n) is 1.44. The number of hydrogen-bond acceptors (Lipinski definition) is 7. The van der Waals surface area contributed by atoms with Crippen molar-refractivity contribution < 1.29 is 0 Å². The van der Waals surface area contributed by atoms with Gasteiger partial charge in [-0.25, -0.2) is 9.97 Å². The summed E-state index contributed by atoms with van der Waals surface area (Å²) in [5, 5.41) is 8.60. The van der Waals surface area contributed by atoms with Gasteiger partial charge in [-0.05, 0) is 30.2 Å². The van der Waals surface area contributed by atoms with Gasteiger partial charge >= 0.3 is 0 Å². The zero-order chi connectivity index (χ0) is 11.5. The second-order valence-corrected chi connectivity index (χ2v) is 6.59. The summed E-state index contributed by atoms with van der Waals surface area (Å²) in [5.74, 6) is 0. The van der Waals surface area contributed by atoms with Crippen molar-refractivity contribution in [3.63, 3.8) is 0 Å². The molecule has 4 nitrogen and oxygen atoms in total. The number of nitrogens with zero attached hydrogens (tertiary/aromatic N) is 3. The quantitative estimate of drug-likeness (QED) is 0.405. The Morgan fingerprint density at radius 3 is 2.94 bits per heavy atom. The first-order valence-electron chi connectivity index (χ1n) is 3.99. The van der Waals surface area contributed by atoms with Crippen LogP contribution < -0.4 is 0 Å². The van der Waals surface area contributed by atoms with Crippen molar-refractivity contribution in [3.8, 4) is 0 Å². The molecule has 0 aliphatic heterocycles. The molecule has 84 valence electrons. The van der Waals surface area contributed by atoms with Crippen molar-refractivity contribution in [1.82, 2.24) is 20.2 Å². The summed E-state index contributed by atoms with van der Waals surface area (Å²) in [6.45, 7) is 0. The zero-order valence-electron chi connectivity index (χ0n) is 7.93. The number of nitrogens with one attached hydrogen (secondary N) is 1. The van der Waals surface area contributed by atoms with Crippen LogP contribution in [0.4, 0.5) is 0 Å². The number of hydrogen-bond donors (Lipinski definition) is 1. The minimum absolute atomic E-state index is 0.431. The van der Waals surface area contributed by atoms with Crippen molar-refractivity contribution in [2.75, 3.05) is 6.26 Å². The molecule has 0 amide bonds. The van der Waals surface area contributed by atoms with Crippen LogP contribution in [0.1, 0.15) is 0 Å². The highest BCUT2D eigenvalue weighted by molar-refractivity contribution is 8.01. The van der Waals surface area contributed by atoms with Crippen LogP contribution in [0, 0.1) is 3.95 Å². The van der Waals surface area contributed by atoms with E-state index in [-0.39, 0.29) is 0 Å². The predicted octanol–water partition coefficient (Wildman–Crippen LogP) is 3.52. The SMILES string of the molecule is CSc1nc(Cl)cc(Sc2n[nH]c(=S)s2)n1. The van der Waals surface area contributed by atoms with E-state index in [9.17, 15) is 0 Å². The summed E-state index contributed by atoms with van der Waals surface area (Å²) in [6, 6.07) is 1.70. The van der Waals surface area contributed by atoms with Crippen LogP contribution >= 0.6 is 58.7 Å². The van der Waals surface area contributed by atoms with Gasteiger partial charge in [0, 0.05) is 6.07 Å². The lowest BCUT2D eigenvalue weighted by molar-refractivity contribution is 0.892. The van der Waals surface area contributed by atoms with Gasteiger partial charge in [-0.15, -0.1) is 0 Å². The molecule has 9 heteroatoms. The Bertz CT molecular complexity index is 551. The second kappa shape index (κ2) is 5.46. The molecular formula is C7H5ClN4S4. The Labute approximate surface area is 114 Å². The summed E-state index contributed by atoms with van der Waals surface area (Å²) in [7, 11) is 0. The number of rotatable bonds is 3. The molecule has 0 saturated heterocycles. The number of thioether (sulfide) groups is 1. The molecule has 2 aromatic heterocycles. The maximum atomic E-state index is 5.88. The van der Waals surface area contributed by atoms with Gasteiger partial charge in [0.25, 0.3) is 0 Å². The molecule has 0 spiro atoms. The lowest BCUT2D eigenvalue weighted by Crippen LogP contribution is -1.88. The molecular weight excluding hydrogens is 304 g/mol. The zero-order valence-corrected chi connectivity index (χ0v) is 12.0. The highest BCUT2D eigenvalue weighted by atomic mass is 35.5. The molecule has 1 N–H and O–H groups in total. The first-order valence-corrected chi connectivity index (χ1v) is 7.63.